The summed E-state index contributed by atoms with van der Waals surface area (Å²) < 4.78 is 37.6. The van der Waals surface area contributed by atoms with Crippen molar-refractivity contribution in [3.63, 3.8) is 0 Å². The number of ether oxygens (including phenoxy) is 2. The Morgan fingerprint density at radius 2 is 2.11 bits per heavy atom. The van der Waals surface area contributed by atoms with E-state index in [4.69, 9.17) is 15.2 Å². The van der Waals surface area contributed by atoms with E-state index in [0.717, 1.165) is 0 Å². The molecule has 1 rings (SSSR count). The molecule has 0 radical (unpaired) electrons. The second kappa shape index (κ2) is 6.00. The summed E-state index contributed by atoms with van der Waals surface area (Å²) >= 11 is 0. The first kappa shape index (κ1) is 16.1. The van der Waals surface area contributed by atoms with Crippen molar-refractivity contribution in [3.05, 3.63) is 0 Å². The third-order valence-electron chi connectivity index (χ3n) is 2.67. The van der Waals surface area contributed by atoms with E-state index >= 15 is 0 Å². The number of hydrogen-bond donors (Lipinski definition) is 1. The van der Waals surface area contributed by atoms with Crippen molar-refractivity contribution in [2.45, 2.75) is 44.8 Å². The van der Waals surface area contributed by atoms with Crippen LogP contribution in [0.2, 0.25) is 0 Å². The lowest BCUT2D eigenvalue weighted by atomic mass is 10.1. The van der Waals surface area contributed by atoms with E-state index in [1.54, 1.807) is 20.8 Å². The Bertz CT molecular complexity index is 319. The molecule has 1 heterocycles. The number of hydrogen-bond acceptors (Lipinski definition) is 4. The molecule has 0 bridgehead atoms. The zero-order chi connectivity index (χ0) is 14.7. The van der Waals surface area contributed by atoms with Crippen molar-refractivity contribution >= 4 is 6.09 Å². The van der Waals surface area contributed by atoms with E-state index in [0.29, 0.717) is 0 Å². The maximum absolute atomic E-state index is 13.7. The molecular weight excluding hydrogens is 258 g/mol. The van der Waals surface area contributed by atoms with Gasteiger partial charge in [-0.3, -0.25) is 0 Å². The van der Waals surface area contributed by atoms with Crippen LogP contribution in [-0.2, 0) is 9.47 Å². The first-order valence-electron chi connectivity index (χ1n) is 6.33. The number of carbonyl (C=O) groups is 1. The molecule has 0 aromatic carbocycles. The van der Waals surface area contributed by atoms with Gasteiger partial charge in [-0.15, -0.1) is 0 Å². The highest BCUT2D eigenvalue weighted by Crippen LogP contribution is 2.28. The van der Waals surface area contributed by atoms with Crippen molar-refractivity contribution in [2.24, 2.45) is 5.73 Å². The van der Waals surface area contributed by atoms with E-state index in [1.807, 2.05) is 0 Å². The molecule has 7 heteroatoms. The predicted molar refractivity (Wildman–Crippen MR) is 66.2 cm³/mol. The van der Waals surface area contributed by atoms with Crippen LogP contribution < -0.4 is 5.73 Å². The molecule has 1 atom stereocenters. The fourth-order valence-corrected chi connectivity index (χ4v) is 1.75. The Morgan fingerprint density at radius 1 is 1.47 bits per heavy atom. The summed E-state index contributed by atoms with van der Waals surface area (Å²) in [4.78, 5) is 13.1. The van der Waals surface area contributed by atoms with E-state index < -0.39 is 30.1 Å². The summed E-state index contributed by atoms with van der Waals surface area (Å²) in [5, 5.41) is 0. The molecule has 0 aromatic rings. The van der Waals surface area contributed by atoms with Crippen molar-refractivity contribution < 1.29 is 23.0 Å². The van der Waals surface area contributed by atoms with Crippen LogP contribution in [-0.4, -0.2) is 54.9 Å². The molecule has 19 heavy (non-hydrogen) atoms. The number of carbonyl (C=O) groups excluding carboxylic acids is 1. The van der Waals surface area contributed by atoms with Crippen molar-refractivity contribution in [2.75, 3.05) is 26.2 Å². The average molecular weight is 280 g/mol. The summed E-state index contributed by atoms with van der Waals surface area (Å²) in [6.45, 7) is 5.21. The van der Waals surface area contributed by atoms with Crippen LogP contribution >= 0.6 is 0 Å². The minimum Gasteiger partial charge on any atom is -0.444 e. The monoisotopic (exact) mass is 280 g/mol. The number of alkyl halides is 2. The second-order valence-electron chi connectivity index (χ2n) is 5.59. The molecule has 2 N–H and O–H groups in total. The van der Waals surface area contributed by atoms with Gasteiger partial charge in [0.15, 0.2) is 0 Å². The number of nitrogens with zero attached hydrogens (tertiary/aromatic N) is 1. The molecule has 0 spiro atoms. The highest BCUT2D eigenvalue weighted by Gasteiger charge is 2.43. The van der Waals surface area contributed by atoms with Crippen LogP contribution in [0.25, 0.3) is 0 Å². The number of halogens is 2. The number of amides is 1. The first-order valence-corrected chi connectivity index (χ1v) is 6.33. The lowest BCUT2D eigenvalue weighted by molar-refractivity contribution is -0.166. The van der Waals surface area contributed by atoms with Crippen LogP contribution in [0.15, 0.2) is 0 Å². The Hall–Kier alpha value is -0.950. The van der Waals surface area contributed by atoms with Gasteiger partial charge < -0.3 is 20.1 Å². The van der Waals surface area contributed by atoms with Gasteiger partial charge in [-0.1, -0.05) is 0 Å². The van der Waals surface area contributed by atoms with E-state index in [9.17, 15) is 13.6 Å². The molecule has 1 aliphatic heterocycles. The Balaban J connectivity index is 2.62. The van der Waals surface area contributed by atoms with Gasteiger partial charge in [0.2, 0.25) is 0 Å². The van der Waals surface area contributed by atoms with Gasteiger partial charge in [-0.25, -0.2) is 13.6 Å². The quantitative estimate of drug-likeness (QED) is 0.853. The zero-order valence-corrected chi connectivity index (χ0v) is 11.6. The van der Waals surface area contributed by atoms with Gasteiger partial charge in [-0.2, -0.15) is 0 Å². The van der Waals surface area contributed by atoms with Gasteiger partial charge >= 0.3 is 6.09 Å². The molecule has 1 aliphatic rings. The van der Waals surface area contributed by atoms with Gasteiger partial charge in [0.1, 0.15) is 11.7 Å². The Morgan fingerprint density at radius 3 is 2.63 bits per heavy atom. The van der Waals surface area contributed by atoms with Crippen LogP contribution in [0, 0.1) is 0 Å². The topological polar surface area (TPSA) is 64.8 Å². The van der Waals surface area contributed by atoms with E-state index in [-0.39, 0.29) is 26.2 Å². The maximum atomic E-state index is 13.7. The van der Waals surface area contributed by atoms with E-state index in [2.05, 4.69) is 0 Å². The fraction of sp³-hybridized carbons (Fsp3) is 0.917. The third kappa shape index (κ3) is 4.91. The number of rotatable bonds is 3. The molecule has 0 aromatic heterocycles. The average Bonchev–Trinajstić information content (AvgIpc) is 2.27. The molecule has 5 nitrogen and oxygen atoms in total. The van der Waals surface area contributed by atoms with Gasteiger partial charge in [0, 0.05) is 13.0 Å². The highest BCUT2D eigenvalue weighted by molar-refractivity contribution is 5.68. The van der Waals surface area contributed by atoms with E-state index in [1.165, 1.54) is 4.90 Å². The highest BCUT2D eigenvalue weighted by atomic mass is 19.3. The van der Waals surface area contributed by atoms with Crippen molar-refractivity contribution in [1.29, 1.82) is 0 Å². The summed E-state index contributed by atoms with van der Waals surface area (Å²) in [5.74, 6) is -3.03. The first-order chi connectivity index (χ1) is 8.65. The van der Waals surface area contributed by atoms with Gasteiger partial charge in [-0.05, 0) is 27.3 Å². The van der Waals surface area contributed by atoms with Crippen molar-refractivity contribution in [1.82, 2.24) is 4.90 Å². The smallest absolute Gasteiger partial charge is 0.410 e. The van der Waals surface area contributed by atoms with Crippen LogP contribution in [0.1, 0.15) is 27.2 Å². The normalized spacial score (nSPS) is 21.4. The predicted octanol–water partition coefficient (Wildman–Crippen LogP) is 1.61. The molecule has 0 aliphatic carbocycles. The lowest BCUT2D eigenvalue weighted by Gasteiger charge is -2.37. The standard InChI is InChI=1S/C12H22F2N2O3/c1-11(2,3)19-10(17)16-6-7-18-9(8-16)12(13,14)4-5-15/h9H,4-8,15H2,1-3H3. The second-order valence-corrected chi connectivity index (χ2v) is 5.59. The Kier molecular flexibility index (Phi) is 5.09. The van der Waals surface area contributed by atoms with Crippen LogP contribution in [0.5, 0.6) is 0 Å². The summed E-state index contributed by atoms with van der Waals surface area (Å²) in [6, 6.07) is 0. The SMILES string of the molecule is CC(C)(C)OC(=O)N1CCOC(C(F)(F)CCN)C1. The fourth-order valence-electron chi connectivity index (χ4n) is 1.75. The molecule has 1 fully saturated rings. The third-order valence-corrected chi connectivity index (χ3v) is 2.67. The minimum atomic E-state index is -3.03. The van der Waals surface area contributed by atoms with Crippen LogP contribution in [0.4, 0.5) is 13.6 Å². The summed E-state index contributed by atoms with van der Waals surface area (Å²) in [7, 11) is 0. The Labute approximate surface area is 112 Å². The number of nitrogens with two attached hydrogens (primary N) is 1. The molecule has 1 amide bonds. The van der Waals surface area contributed by atoms with Gasteiger partial charge in [0.05, 0.1) is 13.2 Å². The van der Waals surface area contributed by atoms with Gasteiger partial charge in [0.25, 0.3) is 5.92 Å². The zero-order valence-electron chi connectivity index (χ0n) is 11.6. The molecule has 112 valence electrons. The molecule has 1 saturated heterocycles. The minimum absolute atomic E-state index is 0.0735. The molecule has 0 saturated carbocycles. The van der Waals surface area contributed by atoms with Crippen molar-refractivity contribution in [3.8, 4) is 0 Å². The molecule has 1 unspecified atom stereocenters. The lowest BCUT2D eigenvalue weighted by Crippen LogP contribution is -2.53. The van der Waals surface area contributed by atoms with Crippen LogP contribution in [0.3, 0.4) is 0 Å². The largest absolute Gasteiger partial charge is 0.444 e. The molecular formula is C12H22F2N2O3. The summed E-state index contributed by atoms with van der Waals surface area (Å²) in [5.41, 5.74) is 4.51. The number of morpholine rings is 1. The maximum Gasteiger partial charge on any atom is 0.410 e. The summed E-state index contributed by atoms with van der Waals surface area (Å²) in [6.07, 6.45) is -2.37.